The number of nitrogens with one attached hydrogen (secondary N) is 1. The molecule has 0 amide bonds. The highest BCUT2D eigenvalue weighted by molar-refractivity contribution is 5.95. The van der Waals surface area contributed by atoms with Crippen LogP contribution in [0.5, 0.6) is 0 Å². The molecule has 2 rings (SSSR count). The lowest BCUT2D eigenvalue weighted by Gasteiger charge is -2.39. The van der Waals surface area contributed by atoms with Gasteiger partial charge in [0, 0.05) is 18.2 Å². The van der Waals surface area contributed by atoms with Gasteiger partial charge < -0.3 is 14.8 Å². The minimum Gasteiger partial charge on any atom is -0.466 e. The molecule has 0 spiro atoms. The van der Waals surface area contributed by atoms with Crippen molar-refractivity contribution in [3.05, 3.63) is 47.2 Å². The van der Waals surface area contributed by atoms with Gasteiger partial charge in [-0.2, -0.15) is 5.26 Å². The van der Waals surface area contributed by atoms with Crippen LogP contribution in [0.1, 0.15) is 25.3 Å². The van der Waals surface area contributed by atoms with Crippen molar-refractivity contribution in [2.75, 3.05) is 20.3 Å². The van der Waals surface area contributed by atoms with Crippen LogP contribution in [0.25, 0.3) is 0 Å². The van der Waals surface area contributed by atoms with E-state index >= 15 is 0 Å². The number of esters is 2. The molecule has 1 aliphatic rings. The molecule has 1 aromatic rings. The number of methoxy groups -OCH3 is 1. The molecule has 0 fully saturated rings. The SMILES string of the molecule is CCOC(=O)C1(C#N)CNC(C)=C(C(=O)OC)C1c1ccccc1. The van der Waals surface area contributed by atoms with Crippen LogP contribution in [-0.4, -0.2) is 32.2 Å². The van der Waals surface area contributed by atoms with Gasteiger partial charge in [0.15, 0.2) is 5.41 Å². The molecule has 1 heterocycles. The van der Waals surface area contributed by atoms with Gasteiger partial charge in [0.2, 0.25) is 0 Å². The average molecular weight is 328 g/mol. The Bertz CT molecular complexity index is 705. The van der Waals surface area contributed by atoms with Crippen LogP contribution >= 0.6 is 0 Å². The van der Waals surface area contributed by atoms with Gasteiger partial charge >= 0.3 is 11.9 Å². The Morgan fingerprint density at radius 2 is 2.04 bits per heavy atom. The van der Waals surface area contributed by atoms with Gasteiger partial charge in [-0.25, -0.2) is 4.79 Å². The highest BCUT2D eigenvalue weighted by atomic mass is 16.5. The maximum Gasteiger partial charge on any atom is 0.336 e. The van der Waals surface area contributed by atoms with Gasteiger partial charge in [0.1, 0.15) is 0 Å². The van der Waals surface area contributed by atoms with Crippen molar-refractivity contribution < 1.29 is 19.1 Å². The topological polar surface area (TPSA) is 88.4 Å². The number of carbonyl (C=O) groups is 2. The number of hydrogen-bond donors (Lipinski definition) is 1. The molecule has 6 heteroatoms. The summed E-state index contributed by atoms with van der Waals surface area (Å²) in [5, 5.41) is 12.8. The van der Waals surface area contributed by atoms with Gasteiger partial charge in [0.05, 0.1) is 25.4 Å². The minimum absolute atomic E-state index is 0.0637. The predicted octanol–water partition coefficient (Wildman–Crippen LogP) is 1.89. The Morgan fingerprint density at radius 1 is 1.38 bits per heavy atom. The maximum absolute atomic E-state index is 12.6. The van der Waals surface area contributed by atoms with E-state index in [1.54, 1.807) is 38.1 Å². The Hall–Kier alpha value is -2.81. The number of carbonyl (C=O) groups excluding carboxylic acids is 2. The highest BCUT2D eigenvalue weighted by Crippen LogP contribution is 2.45. The molecule has 1 N–H and O–H groups in total. The molecule has 6 nitrogen and oxygen atoms in total. The third-order valence-corrected chi connectivity index (χ3v) is 4.20. The summed E-state index contributed by atoms with van der Waals surface area (Å²) in [6, 6.07) is 11.1. The highest BCUT2D eigenvalue weighted by Gasteiger charge is 2.54. The van der Waals surface area contributed by atoms with E-state index < -0.39 is 23.3 Å². The maximum atomic E-state index is 12.6. The summed E-state index contributed by atoms with van der Waals surface area (Å²) in [7, 11) is 1.28. The number of benzene rings is 1. The molecule has 0 aromatic heterocycles. The number of allylic oxidation sites excluding steroid dienone is 1. The van der Waals surface area contributed by atoms with E-state index in [-0.39, 0.29) is 18.7 Å². The zero-order valence-corrected chi connectivity index (χ0v) is 14.0. The second kappa shape index (κ2) is 7.18. The molecule has 0 saturated carbocycles. The first-order valence-corrected chi connectivity index (χ1v) is 7.68. The van der Waals surface area contributed by atoms with E-state index in [9.17, 15) is 14.9 Å². The molecular weight excluding hydrogens is 308 g/mol. The van der Waals surface area contributed by atoms with E-state index in [2.05, 4.69) is 11.4 Å². The summed E-state index contributed by atoms with van der Waals surface area (Å²) >= 11 is 0. The molecule has 0 aliphatic carbocycles. The molecule has 0 bridgehead atoms. The summed E-state index contributed by atoms with van der Waals surface area (Å²) in [6.07, 6.45) is 0. The lowest BCUT2D eigenvalue weighted by molar-refractivity contribution is -0.153. The lowest BCUT2D eigenvalue weighted by Crippen LogP contribution is -2.50. The van der Waals surface area contributed by atoms with Crippen molar-refractivity contribution in [1.82, 2.24) is 5.32 Å². The van der Waals surface area contributed by atoms with Crippen LogP contribution in [-0.2, 0) is 19.1 Å². The average Bonchev–Trinajstić information content (AvgIpc) is 2.61. The summed E-state index contributed by atoms with van der Waals surface area (Å²) < 4.78 is 10.0. The van der Waals surface area contributed by atoms with E-state index in [4.69, 9.17) is 9.47 Å². The van der Waals surface area contributed by atoms with Gasteiger partial charge in [0.25, 0.3) is 0 Å². The molecule has 0 saturated heterocycles. The third-order valence-electron chi connectivity index (χ3n) is 4.20. The van der Waals surface area contributed by atoms with Crippen molar-refractivity contribution in [2.24, 2.45) is 5.41 Å². The summed E-state index contributed by atoms with van der Waals surface area (Å²) in [6.45, 7) is 3.63. The fraction of sp³-hybridized carbons (Fsp3) is 0.389. The van der Waals surface area contributed by atoms with Crippen LogP contribution in [0.2, 0.25) is 0 Å². The third kappa shape index (κ3) is 2.85. The molecule has 1 aromatic carbocycles. The molecule has 0 radical (unpaired) electrons. The van der Waals surface area contributed by atoms with Crippen molar-refractivity contribution in [3.8, 4) is 6.07 Å². The second-order valence-corrected chi connectivity index (χ2v) is 5.53. The van der Waals surface area contributed by atoms with E-state index in [1.165, 1.54) is 7.11 Å². The monoisotopic (exact) mass is 328 g/mol. The molecular formula is C18H20N2O4. The standard InChI is InChI=1S/C18H20N2O4/c1-4-24-17(22)18(10-19)11-20-12(2)14(16(21)23-3)15(18)13-8-6-5-7-9-13/h5-9,15,20H,4,11H2,1-3H3. The summed E-state index contributed by atoms with van der Waals surface area (Å²) in [4.78, 5) is 25.0. The molecule has 1 aliphatic heterocycles. The summed E-state index contributed by atoms with van der Waals surface area (Å²) in [5.41, 5.74) is 0.00390. The quantitative estimate of drug-likeness (QED) is 0.849. The van der Waals surface area contributed by atoms with Crippen LogP contribution in [0.4, 0.5) is 0 Å². The first kappa shape index (κ1) is 17.5. The van der Waals surface area contributed by atoms with Crippen LogP contribution in [0, 0.1) is 16.7 Å². The van der Waals surface area contributed by atoms with Gasteiger partial charge in [-0.3, -0.25) is 4.79 Å². The zero-order chi connectivity index (χ0) is 17.7. The number of hydrogen-bond acceptors (Lipinski definition) is 6. The molecule has 2 unspecified atom stereocenters. The first-order chi connectivity index (χ1) is 11.5. The number of ether oxygens (including phenoxy) is 2. The smallest absolute Gasteiger partial charge is 0.336 e. The Kier molecular flexibility index (Phi) is 5.24. The van der Waals surface area contributed by atoms with E-state index in [0.717, 1.165) is 0 Å². The minimum atomic E-state index is -1.54. The van der Waals surface area contributed by atoms with E-state index in [0.29, 0.717) is 11.3 Å². The Labute approximate surface area is 141 Å². The summed E-state index contributed by atoms with van der Waals surface area (Å²) in [5.74, 6) is -1.99. The molecule has 24 heavy (non-hydrogen) atoms. The second-order valence-electron chi connectivity index (χ2n) is 5.53. The van der Waals surface area contributed by atoms with Crippen molar-refractivity contribution >= 4 is 11.9 Å². The number of nitriles is 1. The van der Waals surface area contributed by atoms with Gasteiger partial charge in [-0.1, -0.05) is 30.3 Å². The van der Waals surface area contributed by atoms with Crippen molar-refractivity contribution in [1.29, 1.82) is 5.26 Å². The largest absolute Gasteiger partial charge is 0.466 e. The van der Waals surface area contributed by atoms with Crippen LogP contribution in [0.3, 0.4) is 0 Å². The van der Waals surface area contributed by atoms with Gasteiger partial charge in [-0.15, -0.1) is 0 Å². The predicted molar refractivity (Wildman–Crippen MR) is 86.6 cm³/mol. The zero-order valence-electron chi connectivity index (χ0n) is 14.0. The number of rotatable bonds is 4. The van der Waals surface area contributed by atoms with E-state index in [1.807, 2.05) is 6.07 Å². The number of nitrogens with zero attached hydrogens (tertiary/aromatic N) is 1. The fourth-order valence-corrected chi connectivity index (χ4v) is 3.01. The Balaban J connectivity index is 2.70. The lowest BCUT2D eigenvalue weighted by atomic mass is 9.66. The van der Waals surface area contributed by atoms with Crippen LogP contribution in [0.15, 0.2) is 41.6 Å². The van der Waals surface area contributed by atoms with Crippen molar-refractivity contribution in [3.63, 3.8) is 0 Å². The Morgan fingerprint density at radius 3 is 2.58 bits per heavy atom. The van der Waals surface area contributed by atoms with Crippen LogP contribution < -0.4 is 5.32 Å². The molecule has 126 valence electrons. The normalized spacial score (nSPS) is 23.0. The van der Waals surface area contributed by atoms with Gasteiger partial charge in [-0.05, 0) is 19.4 Å². The fourth-order valence-electron chi connectivity index (χ4n) is 3.01. The van der Waals surface area contributed by atoms with Crippen molar-refractivity contribution in [2.45, 2.75) is 19.8 Å². The molecule has 2 atom stereocenters. The first-order valence-electron chi connectivity index (χ1n) is 7.68.